The van der Waals surface area contributed by atoms with Crippen LogP contribution in [0.25, 0.3) is 0 Å². The highest BCUT2D eigenvalue weighted by molar-refractivity contribution is 5.11. The van der Waals surface area contributed by atoms with E-state index in [-0.39, 0.29) is 5.54 Å². The number of hydrogen-bond donors (Lipinski definition) is 1. The van der Waals surface area contributed by atoms with E-state index >= 15 is 0 Å². The molecule has 0 bridgehead atoms. The molecule has 4 heteroatoms. The quantitative estimate of drug-likeness (QED) is 0.920. The maximum atomic E-state index is 4.80. The highest BCUT2D eigenvalue weighted by Gasteiger charge is 2.13. The second-order valence-corrected chi connectivity index (χ2v) is 7.16. The third-order valence-corrected chi connectivity index (χ3v) is 3.86. The van der Waals surface area contributed by atoms with Gasteiger partial charge >= 0.3 is 0 Å². The number of nitrogens with zero attached hydrogens (tertiary/aromatic N) is 3. The van der Waals surface area contributed by atoms with Gasteiger partial charge < -0.3 is 10.2 Å². The van der Waals surface area contributed by atoms with Gasteiger partial charge in [-0.25, -0.2) is 0 Å². The van der Waals surface area contributed by atoms with Crippen LogP contribution >= 0.6 is 0 Å². The van der Waals surface area contributed by atoms with E-state index in [1.165, 1.54) is 25.2 Å². The Hall–Kier alpha value is -0.970. The Morgan fingerprint density at radius 1 is 1.10 bits per heavy atom. The van der Waals surface area contributed by atoms with Crippen LogP contribution in [0.15, 0.2) is 18.2 Å². The molecule has 1 aliphatic rings. The smallest absolute Gasteiger partial charge is 0.0547 e. The number of rotatable bonds is 4. The van der Waals surface area contributed by atoms with E-state index in [2.05, 4.69) is 61.1 Å². The van der Waals surface area contributed by atoms with Crippen molar-refractivity contribution in [2.45, 2.75) is 45.8 Å². The van der Waals surface area contributed by atoms with Gasteiger partial charge in [0.25, 0.3) is 0 Å². The van der Waals surface area contributed by atoms with Gasteiger partial charge in [-0.15, -0.1) is 0 Å². The molecule has 1 fully saturated rings. The average molecular weight is 290 g/mol. The van der Waals surface area contributed by atoms with E-state index < -0.39 is 0 Å². The molecular formula is C17H30N4. The minimum atomic E-state index is 0.132. The monoisotopic (exact) mass is 290 g/mol. The molecular weight excluding hydrogens is 260 g/mol. The van der Waals surface area contributed by atoms with E-state index in [0.29, 0.717) is 0 Å². The van der Waals surface area contributed by atoms with Crippen LogP contribution in [0.4, 0.5) is 0 Å². The van der Waals surface area contributed by atoms with E-state index in [4.69, 9.17) is 4.98 Å². The number of aromatic nitrogens is 1. The molecule has 0 amide bonds. The fourth-order valence-corrected chi connectivity index (χ4v) is 2.56. The molecule has 1 aromatic heterocycles. The zero-order chi connectivity index (χ0) is 15.3. The van der Waals surface area contributed by atoms with E-state index in [1.54, 1.807) is 0 Å². The summed E-state index contributed by atoms with van der Waals surface area (Å²) in [6.45, 7) is 13.0. The van der Waals surface area contributed by atoms with Gasteiger partial charge in [0.2, 0.25) is 0 Å². The third kappa shape index (κ3) is 6.12. The van der Waals surface area contributed by atoms with Crippen LogP contribution in [0.5, 0.6) is 0 Å². The summed E-state index contributed by atoms with van der Waals surface area (Å²) in [4.78, 5) is 9.74. The molecule has 1 aliphatic heterocycles. The first-order chi connectivity index (χ1) is 9.92. The Morgan fingerprint density at radius 3 is 2.62 bits per heavy atom. The van der Waals surface area contributed by atoms with Crippen molar-refractivity contribution in [2.75, 3.05) is 33.2 Å². The number of hydrogen-bond acceptors (Lipinski definition) is 4. The Labute approximate surface area is 129 Å². The highest BCUT2D eigenvalue weighted by Crippen LogP contribution is 2.08. The summed E-state index contributed by atoms with van der Waals surface area (Å²) in [5.41, 5.74) is 2.45. The average Bonchev–Trinajstić information content (AvgIpc) is 2.61. The van der Waals surface area contributed by atoms with Gasteiger partial charge in [0.05, 0.1) is 11.4 Å². The molecule has 118 valence electrons. The van der Waals surface area contributed by atoms with Crippen LogP contribution in [0, 0.1) is 0 Å². The van der Waals surface area contributed by atoms with Gasteiger partial charge in [-0.1, -0.05) is 6.07 Å². The molecule has 2 rings (SSSR count). The standard InChI is InChI=1S/C17H30N4/c1-17(2,3)18-13-15-7-5-8-16(19-15)14-21-10-6-9-20(4)11-12-21/h5,7-8,18H,6,9-14H2,1-4H3. The topological polar surface area (TPSA) is 31.4 Å². The van der Waals surface area contributed by atoms with Crippen molar-refractivity contribution in [3.8, 4) is 0 Å². The van der Waals surface area contributed by atoms with Crippen LogP contribution in [0.2, 0.25) is 0 Å². The van der Waals surface area contributed by atoms with Gasteiger partial charge in [-0.2, -0.15) is 0 Å². The van der Waals surface area contributed by atoms with Crippen molar-refractivity contribution in [1.82, 2.24) is 20.1 Å². The van der Waals surface area contributed by atoms with Crippen LogP contribution in [-0.2, 0) is 13.1 Å². The molecule has 4 nitrogen and oxygen atoms in total. The maximum Gasteiger partial charge on any atom is 0.0547 e. The van der Waals surface area contributed by atoms with Gasteiger partial charge in [-0.3, -0.25) is 9.88 Å². The molecule has 0 saturated carbocycles. The first-order valence-corrected chi connectivity index (χ1v) is 8.03. The first kappa shape index (κ1) is 16.4. The van der Waals surface area contributed by atoms with Crippen molar-refractivity contribution in [3.05, 3.63) is 29.6 Å². The lowest BCUT2D eigenvalue weighted by molar-refractivity contribution is 0.266. The normalized spacial score (nSPS) is 18.7. The molecule has 1 N–H and O–H groups in total. The lowest BCUT2D eigenvalue weighted by atomic mass is 10.1. The third-order valence-electron chi connectivity index (χ3n) is 3.86. The van der Waals surface area contributed by atoms with Crippen molar-refractivity contribution in [1.29, 1.82) is 0 Å². The summed E-state index contributed by atoms with van der Waals surface area (Å²) in [5.74, 6) is 0. The zero-order valence-electron chi connectivity index (χ0n) is 14.0. The minimum absolute atomic E-state index is 0.132. The Morgan fingerprint density at radius 2 is 1.86 bits per heavy atom. The molecule has 0 aliphatic carbocycles. The van der Waals surface area contributed by atoms with Gasteiger partial charge in [-0.05, 0) is 59.5 Å². The predicted molar refractivity (Wildman–Crippen MR) is 88.2 cm³/mol. The molecule has 1 aromatic rings. The highest BCUT2D eigenvalue weighted by atomic mass is 15.2. The number of likely N-dealkylation sites (N-methyl/N-ethyl adjacent to an activating group) is 1. The molecule has 0 aromatic carbocycles. The van der Waals surface area contributed by atoms with E-state index in [0.717, 1.165) is 31.9 Å². The summed E-state index contributed by atoms with van der Waals surface area (Å²) >= 11 is 0. The van der Waals surface area contributed by atoms with Crippen LogP contribution < -0.4 is 5.32 Å². The Kier molecular flexibility index (Phi) is 5.73. The maximum absolute atomic E-state index is 4.80. The molecule has 0 radical (unpaired) electrons. The zero-order valence-corrected chi connectivity index (χ0v) is 14.0. The van der Waals surface area contributed by atoms with Crippen LogP contribution in [0.3, 0.4) is 0 Å². The fraction of sp³-hybridized carbons (Fsp3) is 0.706. The SMILES string of the molecule is CN1CCCN(Cc2cccc(CNC(C)(C)C)n2)CC1. The fourth-order valence-electron chi connectivity index (χ4n) is 2.56. The lowest BCUT2D eigenvalue weighted by Gasteiger charge is -2.21. The molecule has 0 unspecified atom stereocenters. The lowest BCUT2D eigenvalue weighted by Crippen LogP contribution is -2.35. The van der Waals surface area contributed by atoms with Crippen LogP contribution in [-0.4, -0.2) is 53.5 Å². The van der Waals surface area contributed by atoms with Crippen molar-refractivity contribution in [3.63, 3.8) is 0 Å². The number of pyridine rings is 1. The van der Waals surface area contributed by atoms with Crippen molar-refractivity contribution < 1.29 is 0 Å². The van der Waals surface area contributed by atoms with Crippen molar-refractivity contribution in [2.24, 2.45) is 0 Å². The molecule has 2 heterocycles. The first-order valence-electron chi connectivity index (χ1n) is 8.03. The Bertz CT molecular complexity index is 439. The second-order valence-electron chi connectivity index (χ2n) is 7.16. The largest absolute Gasteiger partial charge is 0.306 e. The molecule has 0 spiro atoms. The summed E-state index contributed by atoms with van der Waals surface area (Å²) in [5, 5.41) is 3.50. The summed E-state index contributed by atoms with van der Waals surface area (Å²) in [6, 6.07) is 6.39. The molecule has 0 atom stereocenters. The molecule has 21 heavy (non-hydrogen) atoms. The van der Waals surface area contributed by atoms with Gasteiger partial charge in [0.15, 0.2) is 0 Å². The number of nitrogens with one attached hydrogen (secondary N) is 1. The summed E-state index contributed by atoms with van der Waals surface area (Å²) in [6.07, 6.45) is 1.25. The Balaban J connectivity index is 1.91. The summed E-state index contributed by atoms with van der Waals surface area (Å²) in [7, 11) is 2.21. The summed E-state index contributed by atoms with van der Waals surface area (Å²) < 4.78 is 0. The van der Waals surface area contributed by atoms with E-state index in [9.17, 15) is 0 Å². The van der Waals surface area contributed by atoms with Gasteiger partial charge in [0.1, 0.15) is 0 Å². The minimum Gasteiger partial charge on any atom is -0.306 e. The van der Waals surface area contributed by atoms with Gasteiger partial charge in [0, 0.05) is 31.7 Å². The van der Waals surface area contributed by atoms with Crippen LogP contribution in [0.1, 0.15) is 38.6 Å². The second kappa shape index (κ2) is 7.34. The molecule has 1 saturated heterocycles. The van der Waals surface area contributed by atoms with Crippen molar-refractivity contribution >= 4 is 0 Å². The van der Waals surface area contributed by atoms with E-state index in [1.807, 2.05) is 0 Å². The predicted octanol–water partition coefficient (Wildman–Crippen LogP) is 2.11.